The maximum absolute atomic E-state index is 11.3. The molecular formula is C20H35NO. The molecule has 22 heavy (non-hydrogen) atoms. The van der Waals surface area contributed by atoms with Gasteiger partial charge in [0, 0.05) is 11.8 Å². The van der Waals surface area contributed by atoms with Crippen LogP contribution < -0.4 is 0 Å². The van der Waals surface area contributed by atoms with Gasteiger partial charge in [-0.3, -0.25) is 4.79 Å². The average Bonchev–Trinajstić information content (AvgIpc) is 2.93. The molecule has 0 aromatic rings. The topological polar surface area (TPSA) is 29.4 Å². The molecule has 0 N–H and O–H groups in total. The van der Waals surface area contributed by atoms with Crippen molar-refractivity contribution in [3.63, 3.8) is 0 Å². The van der Waals surface area contributed by atoms with Crippen LogP contribution in [-0.4, -0.2) is 12.1 Å². The van der Waals surface area contributed by atoms with Crippen LogP contribution in [0.2, 0.25) is 0 Å². The normalized spacial score (nSPS) is 13.9. The highest BCUT2D eigenvalue weighted by Crippen LogP contribution is 2.16. The lowest BCUT2D eigenvalue weighted by atomic mass is 10.0. The van der Waals surface area contributed by atoms with Gasteiger partial charge < -0.3 is 0 Å². The van der Waals surface area contributed by atoms with Crippen LogP contribution in [0.4, 0.5) is 0 Å². The summed E-state index contributed by atoms with van der Waals surface area (Å²) in [4.78, 5) is 15.0. The summed E-state index contributed by atoms with van der Waals surface area (Å²) in [5.74, 6) is -0.0188. The molecule has 0 saturated carbocycles. The molecule has 126 valence electrons. The highest BCUT2D eigenvalue weighted by molar-refractivity contribution is 6.07. The van der Waals surface area contributed by atoms with Gasteiger partial charge in [0.25, 0.3) is 5.91 Å². The van der Waals surface area contributed by atoms with E-state index < -0.39 is 0 Å². The number of carbonyl (C=O) groups excluding carboxylic acids is 1. The summed E-state index contributed by atoms with van der Waals surface area (Å²) in [7, 11) is 0. The summed E-state index contributed by atoms with van der Waals surface area (Å²) in [6, 6.07) is 0. The molecular weight excluding hydrogens is 270 g/mol. The number of hydrogen-bond donors (Lipinski definition) is 0. The summed E-state index contributed by atoms with van der Waals surface area (Å²) in [5, 5.41) is 0. The largest absolute Gasteiger partial charge is 0.272 e. The lowest BCUT2D eigenvalue weighted by Crippen LogP contribution is -1.94. The summed E-state index contributed by atoms with van der Waals surface area (Å²) < 4.78 is 0. The van der Waals surface area contributed by atoms with Gasteiger partial charge in [0.2, 0.25) is 0 Å². The Bertz CT molecular complexity index is 344. The van der Waals surface area contributed by atoms with Crippen molar-refractivity contribution in [1.29, 1.82) is 0 Å². The Labute approximate surface area is 137 Å². The monoisotopic (exact) mass is 305 g/mol. The number of carbonyl (C=O) groups is 1. The molecule has 0 spiro atoms. The number of rotatable bonds is 15. The van der Waals surface area contributed by atoms with Gasteiger partial charge in [0.05, 0.1) is 0 Å². The molecule has 0 saturated heterocycles. The van der Waals surface area contributed by atoms with Gasteiger partial charge in [-0.25, -0.2) is 4.99 Å². The quantitative estimate of drug-likeness (QED) is 0.322. The molecule has 0 bridgehead atoms. The number of nitrogens with zero attached hydrogens (tertiary/aromatic N) is 1. The molecule has 0 atom stereocenters. The second-order valence-electron chi connectivity index (χ2n) is 6.62. The molecule has 0 fully saturated rings. The minimum absolute atomic E-state index is 0.0188. The number of hydrogen-bond acceptors (Lipinski definition) is 1. The van der Waals surface area contributed by atoms with Crippen LogP contribution >= 0.6 is 0 Å². The third-order valence-corrected chi connectivity index (χ3v) is 4.54. The Hall–Kier alpha value is -0.920. The van der Waals surface area contributed by atoms with Crippen molar-refractivity contribution in [2.75, 3.05) is 0 Å². The molecule has 0 aromatic heterocycles. The van der Waals surface area contributed by atoms with Gasteiger partial charge in [-0.2, -0.15) is 0 Å². The van der Waals surface area contributed by atoms with E-state index in [0.29, 0.717) is 0 Å². The minimum Gasteiger partial charge on any atom is -0.267 e. The van der Waals surface area contributed by atoms with Crippen molar-refractivity contribution in [2.24, 2.45) is 4.99 Å². The van der Waals surface area contributed by atoms with Crippen molar-refractivity contribution < 1.29 is 4.79 Å². The van der Waals surface area contributed by atoms with Crippen molar-refractivity contribution in [3.05, 3.63) is 11.6 Å². The highest BCUT2D eigenvalue weighted by atomic mass is 16.1. The Kier molecular flexibility index (Phi) is 11.9. The highest BCUT2D eigenvalue weighted by Gasteiger charge is 2.10. The van der Waals surface area contributed by atoms with Crippen LogP contribution in [0.1, 0.15) is 103 Å². The zero-order chi connectivity index (χ0) is 15.9. The zero-order valence-electron chi connectivity index (χ0n) is 14.6. The van der Waals surface area contributed by atoms with E-state index in [2.05, 4.69) is 11.9 Å². The number of allylic oxidation sites excluding steroid dienone is 1. The van der Waals surface area contributed by atoms with E-state index in [-0.39, 0.29) is 5.91 Å². The van der Waals surface area contributed by atoms with Gasteiger partial charge in [0.15, 0.2) is 0 Å². The molecule has 0 radical (unpaired) electrons. The van der Waals surface area contributed by atoms with Crippen molar-refractivity contribution in [2.45, 2.75) is 103 Å². The van der Waals surface area contributed by atoms with Crippen LogP contribution in [-0.2, 0) is 4.79 Å². The van der Waals surface area contributed by atoms with Gasteiger partial charge in [-0.1, -0.05) is 90.4 Å². The number of amides is 1. The minimum atomic E-state index is -0.0188. The Morgan fingerprint density at radius 2 is 1.18 bits per heavy atom. The smallest absolute Gasteiger partial charge is 0.267 e. The Morgan fingerprint density at radius 1 is 0.727 bits per heavy atom. The van der Waals surface area contributed by atoms with E-state index in [1.165, 1.54) is 83.5 Å². The summed E-state index contributed by atoms with van der Waals surface area (Å²) in [6.07, 6.45) is 23.7. The summed E-state index contributed by atoms with van der Waals surface area (Å²) in [5.41, 5.74) is 0.902. The third-order valence-electron chi connectivity index (χ3n) is 4.54. The molecule has 1 rings (SSSR count). The van der Waals surface area contributed by atoms with Gasteiger partial charge in [-0.15, -0.1) is 0 Å². The predicted molar refractivity (Wildman–Crippen MR) is 96.5 cm³/mol. The molecule has 0 unspecified atom stereocenters. The van der Waals surface area contributed by atoms with Crippen LogP contribution in [0.15, 0.2) is 16.6 Å². The van der Waals surface area contributed by atoms with E-state index in [1.54, 1.807) is 6.21 Å². The predicted octanol–water partition coefficient (Wildman–Crippen LogP) is 6.40. The molecule has 2 nitrogen and oxygen atoms in total. The zero-order valence-corrected chi connectivity index (χ0v) is 14.6. The second kappa shape index (κ2) is 13.7. The molecule has 1 aliphatic heterocycles. The summed E-state index contributed by atoms with van der Waals surface area (Å²) >= 11 is 0. The first-order chi connectivity index (χ1) is 10.8. The SMILES string of the molecule is CCCCCCCCCCCCCCCCC1=CC=NC1=O. The van der Waals surface area contributed by atoms with Crippen LogP contribution in [0.5, 0.6) is 0 Å². The Morgan fingerprint density at radius 3 is 1.59 bits per heavy atom. The van der Waals surface area contributed by atoms with Crippen LogP contribution in [0, 0.1) is 0 Å². The maximum atomic E-state index is 11.3. The fraction of sp³-hybridized carbons (Fsp3) is 0.800. The van der Waals surface area contributed by atoms with Gasteiger partial charge in [0.1, 0.15) is 0 Å². The number of unbranched alkanes of at least 4 members (excludes halogenated alkanes) is 13. The van der Waals surface area contributed by atoms with E-state index in [4.69, 9.17) is 0 Å². The molecule has 1 amide bonds. The van der Waals surface area contributed by atoms with E-state index >= 15 is 0 Å². The van der Waals surface area contributed by atoms with Crippen LogP contribution in [0.25, 0.3) is 0 Å². The van der Waals surface area contributed by atoms with E-state index in [1.807, 2.05) is 6.08 Å². The van der Waals surface area contributed by atoms with Gasteiger partial charge in [-0.05, 0) is 18.9 Å². The summed E-state index contributed by atoms with van der Waals surface area (Å²) in [6.45, 7) is 2.28. The molecule has 0 aliphatic carbocycles. The lowest BCUT2D eigenvalue weighted by Gasteiger charge is -2.03. The van der Waals surface area contributed by atoms with Crippen molar-refractivity contribution in [3.8, 4) is 0 Å². The standard InChI is InChI=1S/C20H35NO/c1-2-3-4-5-6-7-8-9-10-11-12-13-14-15-16-19-17-18-21-20(19)22/h17-18H,2-16H2,1H3. The third kappa shape index (κ3) is 9.92. The van der Waals surface area contributed by atoms with Crippen LogP contribution in [0.3, 0.4) is 0 Å². The van der Waals surface area contributed by atoms with Crippen molar-refractivity contribution >= 4 is 12.1 Å². The Balaban J connectivity index is 1.72. The fourth-order valence-corrected chi connectivity index (χ4v) is 3.05. The second-order valence-corrected chi connectivity index (χ2v) is 6.62. The molecule has 1 aliphatic rings. The molecule has 0 aromatic carbocycles. The van der Waals surface area contributed by atoms with Gasteiger partial charge >= 0.3 is 0 Å². The fourth-order valence-electron chi connectivity index (χ4n) is 3.05. The first-order valence-corrected chi connectivity index (χ1v) is 9.62. The number of aliphatic imine (C=N–C) groups is 1. The molecule has 1 heterocycles. The van der Waals surface area contributed by atoms with Crippen molar-refractivity contribution in [1.82, 2.24) is 0 Å². The maximum Gasteiger partial charge on any atom is 0.272 e. The molecule has 2 heteroatoms. The lowest BCUT2D eigenvalue weighted by molar-refractivity contribution is -0.114. The first-order valence-electron chi connectivity index (χ1n) is 9.62. The first kappa shape index (κ1) is 19.1. The van der Waals surface area contributed by atoms with E-state index in [0.717, 1.165) is 18.4 Å². The van der Waals surface area contributed by atoms with E-state index in [9.17, 15) is 4.79 Å². The average molecular weight is 306 g/mol.